The summed E-state index contributed by atoms with van der Waals surface area (Å²) in [6, 6.07) is 21.4. The van der Waals surface area contributed by atoms with Gasteiger partial charge < -0.3 is 14.8 Å². The lowest BCUT2D eigenvalue weighted by Crippen LogP contribution is -2.10. The number of nitrogens with one attached hydrogen (secondary N) is 1. The van der Waals surface area contributed by atoms with Crippen LogP contribution >= 0.6 is 15.9 Å². The number of benzene rings is 3. The van der Waals surface area contributed by atoms with Crippen LogP contribution in [-0.4, -0.2) is 17.2 Å². The lowest BCUT2D eigenvalue weighted by Gasteiger charge is -2.03. The lowest BCUT2D eigenvalue weighted by molar-refractivity contribution is 0.0998. The summed E-state index contributed by atoms with van der Waals surface area (Å²) in [6.07, 6.45) is 1.59. The van der Waals surface area contributed by atoms with E-state index in [1.54, 1.807) is 54.7 Å². The summed E-state index contributed by atoms with van der Waals surface area (Å²) in [7, 11) is 0. The van der Waals surface area contributed by atoms with E-state index in [1.165, 1.54) is 0 Å². The van der Waals surface area contributed by atoms with Crippen LogP contribution in [0.2, 0.25) is 0 Å². The fraction of sp³-hybridized carbons (Fsp3) is 0. The van der Waals surface area contributed by atoms with Gasteiger partial charge in [0.1, 0.15) is 11.3 Å². The van der Waals surface area contributed by atoms with Gasteiger partial charge in [-0.1, -0.05) is 34.1 Å². The lowest BCUT2D eigenvalue weighted by atomic mass is 10.2. The average molecular weight is 435 g/mol. The number of furan rings is 1. The highest BCUT2D eigenvalue weighted by Crippen LogP contribution is 2.23. The predicted octanol–water partition coefficient (Wildman–Crippen LogP) is 5.90. The van der Waals surface area contributed by atoms with Gasteiger partial charge in [-0.3, -0.25) is 9.79 Å². The standard InChI is InChI=1S/C22H15BrN2O3/c23-16-5-10-19(26)15(11-16)13-24-17-6-8-18(9-7-17)25-22(27)21-12-14-3-1-2-4-20(14)28-21/h1-13,26H,(H,25,27). The Morgan fingerprint density at radius 1 is 1.04 bits per heavy atom. The smallest absolute Gasteiger partial charge is 0.291 e. The van der Waals surface area contributed by atoms with Gasteiger partial charge in [0.15, 0.2) is 5.76 Å². The Hall–Kier alpha value is -3.38. The molecule has 1 heterocycles. The fourth-order valence-electron chi connectivity index (χ4n) is 2.69. The van der Waals surface area contributed by atoms with Crippen LogP contribution in [0.4, 0.5) is 11.4 Å². The Bertz CT molecular complexity index is 1150. The van der Waals surface area contributed by atoms with E-state index in [9.17, 15) is 9.90 Å². The molecule has 1 amide bonds. The summed E-state index contributed by atoms with van der Waals surface area (Å²) < 4.78 is 6.43. The molecule has 0 aliphatic carbocycles. The Morgan fingerprint density at radius 2 is 1.82 bits per heavy atom. The highest BCUT2D eigenvalue weighted by Gasteiger charge is 2.12. The van der Waals surface area contributed by atoms with Crippen molar-refractivity contribution in [2.75, 3.05) is 5.32 Å². The minimum atomic E-state index is -0.313. The molecule has 6 heteroatoms. The number of rotatable bonds is 4. The number of phenols is 1. The Kier molecular flexibility index (Phi) is 4.95. The molecule has 3 aromatic carbocycles. The van der Waals surface area contributed by atoms with Crippen molar-refractivity contribution >= 4 is 50.4 Å². The highest BCUT2D eigenvalue weighted by atomic mass is 79.9. The first-order valence-corrected chi connectivity index (χ1v) is 9.30. The van der Waals surface area contributed by atoms with Crippen molar-refractivity contribution in [2.45, 2.75) is 0 Å². The van der Waals surface area contributed by atoms with Crippen molar-refractivity contribution in [3.8, 4) is 5.75 Å². The number of carbonyl (C=O) groups excluding carboxylic acids is 1. The molecular weight excluding hydrogens is 420 g/mol. The van der Waals surface area contributed by atoms with Crippen molar-refractivity contribution in [3.05, 3.63) is 88.6 Å². The zero-order chi connectivity index (χ0) is 19.5. The number of anilines is 1. The molecule has 0 bridgehead atoms. The molecule has 0 saturated carbocycles. The number of aliphatic imine (C=N–C) groups is 1. The van der Waals surface area contributed by atoms with E-state index in [-0.39, 0.29) is 17.4 Å². The highest BCUT2D eigenvalue weighted by molar-refractivity contribution is 9.10. The molecule has 0 unspecified atom stereocenters. The van der Waals surface area contributed by atoms with Gasteiger partial charge in [-0.2, -0.15) is 0 Å². The SMILES string of the molecule is O=C(Nc1ccc(N=Cc2cc(Br)ccc2O)cc1)c1cc2ccccc2o1. The molecule has 0 atom stereocenters. The number of para-hydroxylation sites is 1. The quantitative estimate of drug-likeness (QED) is 0.392. The van der Waals surface area contributed by atoms with Crippen LogP contribution in [0.15, 0.2) is 86.7 Å². The molecule has 5 nitrogen and oxygen atoms in total. The number of aromatic hydroxyl groups is 1. The van der Waals surface area contributed by atoms with Crippen LogP contribution in [0.5, 0.6) is 5.75 Å². The molecule has 138 valence electrons. The first-order chi connectivity index (χ1) is 13.6. The van der Waals surface area contributed by atoms with E-state index in [0.29, 0.717) is 22.5 Å². The summed E-state index contributed by atoms with van der Waals surface area (Å²) >= 11 is 3.36. The molecule has 0 fully saturated rings. The second-order valence-electron chi connectivity index (χ2n) is 6.11. The molecule has 4 aromatic rings. The second-order valence-corrected chi connectivity index (χ2v) is 7.03. The largest absolute Gasteiger partial charge is 0.507 e. The zero-order valence-corrected chi connectivity index (χ0v) is 16.2. The molecule has 0 spiro atoms. The molecule has 4 rings (SSSR count). The zero-order valence-electron chi connectivity index (χ0n) is 14.6. The predicted molar refractivity (Wildman–Crippen MR) is 114 cm³/mol. The monoisotopic (exact) mass is 434 g/mol. The molecular formula is C22H15BrN2O3. The first kappa shape index (κ1) is 18.0. The third-order valence-electron chi connectivity index (χ3n) is 4.12. The van der Waals surface area contributed by atoms with E-state index in [2.05, 4.69) is 26.2 Å². The Balaban J connectivity index is 1.46. The summed E-state index contributed by atoms with van der Waals surface area (Å²) in [4.78, 5) is 16.7. The number of hydrogen-bond acceptors (Lipinski definition) is 4. The summed E-state index contributed by atoms with van der Waals surface area (Å²) in [5, 5.41) is 13.5. The molecule has 0 aliphatic heterocycles. The average Bonchev–Trinajstić information content (AvgIpc) is 3.14. The molecule has 2 N–H and O–H groups in total. The summed E-state index contributed by atoms with van der Waals surface area (Å²) in [5.41, 5.74) is 2.61. The van der Waals surface area contributed by atoms with Crippen molar-refractivity contribution in [2.24, 2.45) is 4.99 Å². The van der Waals surface area contributed by atoms with E-state index < -0.39 is 0 Å². The third kappa shape index (κ3) is 3.97. The molecule has 0 saturated heterocycles. The van der Waals surface area contributed by atoms with E-state index in [1.807, 2.05) is 24.3 Å². The van der Waals surface area contributed by atoms with Crippen LogP contribution in [-0.2, 0) is 0 Å². The normalized spacial score (nSPS) is 11.2. The van der Waals surface area contributed by atoms with E-state index >= 15 is 0 Å². The molecule has 0 radical (unpaired) electrons. The van der Waals surface area contributed by atoms with E-state index in [4.69, 9.17) is 4.42 Å². The number of halogens is 1. The molecule has 0 aliphatic rings. The minimum absolute atomic E-state index is 0.154. The van der Waals surface area contributed by atoms with Gasteiger partial charge in [-0.25, -0.2) is 0 Å². The maximum atomic E-state index is 12.4. The second kappa shape index (κ2) is 7.70. The Labute approximate surface area is 169 Å². The van der Waals surface area contributed by atoms with Crippen molar-refractivity contribution in [1.29, 1.82) is 0 Å². The van der Waals surface area contributed by atoms with Crippen molar-refractivity contribution in [1.82, 2.24) is 0 Å². The number of amides is 1. The maximum Gasteiger partial charge on any atom is 0.291 e. The number of phenolic OH excluding ortho intramolecular Hbond substituents is 1. The molecule has 1 aromatic heterocycles. The van der Waals surface area contributed by atoms with E-state index in [0.717, 1.165) is 9.86 Å². The summed E-state index contributed by atoms with van der Waals surface area (Å²) in [5.74, 6) is 0.0987. The Morgan fingerprint density at radius 3 is 2.61 bits per heavy atom. The van der Waals surface area contributed by atoms with Gasteiger partial charge >= 0.3 is 0 Å². The number of hydrogen-bond donors (Lipinski definition) is 2. The third-order valence-corrected chi connectivity index (χ3v) is 4.61. The fourth-order valence-corrected chi connectivity index (χ4v) is 3.07. The molecule has 28 heavy (non-hydrogen) atoms. The van der Waals surface area contributed by atoms with Crippen LogP contribution in [0.3, 0.4) is 0 Å². The van der Waals surface area contributed by atoms with Crippen LogP contribution in [0.25, 0.3) is 11.0 Å². The van der Waals surface area contributed by atoms with Crippen LogP contribution < -0.4 is 5.32 Å². The topological polar surface area (TPSA) is 74.8 Å². The summed E-state index contributed by atoms with van der Waals surface area (Å²) in [6.45, 7) is 0. The van der Waals surface area contributed by atoms with Gasteiger partial charge in [0.2, 0.25) is 0 Å². The van der Waals surface area contributed by atoms with Crippen LogP contribution in [0, 0.1) is 0 Å². The van der Waals surface area contributed by atoms with Crippen molar-refractivity contribution in [3.63, 3.8) is 0 Å². The number of nitrogens with zero attached hydrogens (tertiary/aromatic N) is 1. The van der Waals surface area contributed by atoms with Gasteiger partial charge in [0.05, 0.1) is 5.69 Å². The maximum absolute atomic E-state index is 12.4. The minimum Gasteiger partial charge on any atom is -0.507 e. The van der Waals surface area contributed by atoms with Gasteiger partial charge in [-0.15, -0.1) is 0 Å². The number of fused-ring (bicyclic) bond motifs is 1. The van der Waals surface area contributed by atoms with Gasteiger partial charge in [0.25, 0.3) is 5.91 Å². The van der Waals surface area contributed by atoms with Crippen LogP contribution in [0.1, 0.15) is 16.1 Å². The van der Waals surface area contributed by atoms with Gasteiger partial charge in [-0.05, 0) is 54.6 Å². The number of carbonyl (C=O) groups is 1. The first-order valence-electron chi connectivity index (χ1n) is 8.51. The van der Waals surface area contributed by atoms with Crippen molar-refractivity contribution < 1.29 is 14.3 Å². The van der Waals surface area contributed by atoms with Gasteiger partial charge in [0, 0.05) is 27.3 Å².